The highest BCUT2D eigenvalue weighted by atomic mass is 15.0. The van der Waals surface area contributed by atoms with E-state index >= 15 is 0 Å². The molecule has 2 aromatic carbocycles. The van der Waals surface area contributed by atoms with Crippen molar-refractivity contribution < 1.29 is 0 Å². The first kappa shape index (κ1) is 14.8. The molecular formula is C20H17N3. The summed E-state index contributed by atoms with van der Waals surface area (Å²) in [5.74, 6) is 0.779. The SMILES string of the molecule is N#CCc1cccnc1NCc1ccc(-c2ccccc2)cc1. The van der Waals surface area contributed by atoms with Gasteiger partial charge in [0, 0.05) is 18.3 Å². The van der Waals surface area contributed by atoms with Crippen LogP contribution in [0.4, 0.5) is 5.82 Å². The Kier molecular flexibility index (Phi) is 4.66. The highest BCUT2D eigenvalue weighted by Gasteiger charge is 2.03. The fourth-order valence-corrected chi connectivity index (χ4v) is 2.46. The average Bonchev–Trinajstić information content (AvgIpc) is 2.62. The molecule has 0 atom stereocenters. The fraction of sp³-hybridized carbons (Fsp3) is 0.100. The highest BCUT2D eigenvalue weighted by Crippen LogP contribution is 2.20. The zero-order valence-corrected chi connectivity index (χ0v) is 12.7. The first-order chi connectivity index (χ1) is 11.4. The minimum atomic E-state index is 0.364. The molecule has 0 aliphatic heterocycles. The van der Waals surface area contributed by atoms with E-state index in [2.05, 4.69) is 52.8 Å². The molecule has 0 bridgehead atoms. The van der Waals surface area contributed by atoms with Crippen LogP contribution < -0.4 is 5.32 Å². The summed E-state index contributed by atoms with van der Waals surface area (Å²) in [6.07, 6.45) is 2.10. The minimum absolute atomic E-state index is 0.364. The largest absolute Gasteiger partial charge is 0.366 e. The molecule has 1 aromatic heterocycles. The molecule has 0 radical (unpaired) electrons. The number of anilines is 1. The Hall–Kier alpha value is -3.12. The second kappa shape index (κ2) is 7.24. The summed E-state index contributed by atoms with van der Waals surface area (Å²) in [6.45, 7) is 0.685. The van der Waals surface area contributed by atoms with Gasteiger partial charge in [-0.2, -0.15) is 5.26 Å². The first-order valence-electron chi connectivity index (χ1n) is 7.56. The smallest absolute Gasteiger partial charge is 0.130 e. The third kappa shape index (κ3) is 3.75. The Morgan fingerprint density at radius 1 is 0.870 bits per heavy atom. The van der Waals surface area contributed by atoms with Crippen LogP contribution in [0.2, 0.25) is 0 Å². The molecule has 3 nitrogen and oxygen atoms in total. The predicted molar refractivity (Wildman–Crippen MR) is 92.8 cm³/mol. The van der Waals surface area contributed by atoms with Gasteiger partial charge in [-0.25, -0.2) is 4.98 Å². The molecule has 0 aliphatic rings. The molecule has 0 saturated carbocycles. The van der Waals surface area contributed by atoms with E-state index in [0.717, 1.165) is 11.4 Å². The standard InChI is InChI=1S/C20H17N3/c21-13-12-19-7-4-14-22-20(19)23-15-16-8-10-18(11-9-16)17-5-2-1-3-6-17/h1-11,14H,12,15H2,(H,22,23). The molecule has 1 heterocycles. The second-order valence-electron chi connectivity index (χ2n) is 5.26. The lowest BCUT2D eigenvalue weighted by molar-refractivity contribution is 1.08. The normalized spacial score (nSPS) is 10.0. The van der Waals surface area contributed by atoms with Crippen molar-refractivity contribution in [3.05, 3.63) is 84.1 Å². The number of nitrogens with one attached hydrogen (secondary N) is 1. The summed E-state index contributed by atoms with van der Waals surface area (Å²) in [5.41, 5.74) is 4.53. The maximum absolute atomic E-state index is 8.86. The van der Waals surface area contributed by atoms with Crippen LogP contribution in [0, 0.1) is 11.3 Å². The van der Waals surface area contributed by atoms with Gasteiger partial charge in [0.25, 0.3) is 0 Å². The maximum Gasteiger partial charge on any atom is 0.130 e. The topological polar surface area (TPSA) is 48.7 Å². The van der Waals surface area contributed by atoms with E-state index in [-0.39, 0.29) is 0 Å². The Labute approximate surface area is 136 Å². The van der Waals surface area contributed by atoms with Crippen molar-refractivity contribution in [2.24, 2.45) is 0 Å². The number of nitriles is 1. The van der Waals surface area contributed by atoms with Crippen molar-refractivity contribution in [3.63, 3.8) is 0 Å². The molecule has 0 saturated heterocycles. The van der Waals surface area contributed by atoms with Crippen molar-refractivity contribution in [1.82, 2.24) is 4.98 Å². The quantitative estimate of drug-likeness (QED) is 0.758. The molecular weight excluding hydrogens is 282 g/mol. The number of benzene rings is 2. The molecule has 0 unspecified atom stereocenters. The van der Waals surface area contributed by atoms with E-state index < -0.39 is 0 Å². The van der Waals surface area contributed by atoms with Gasteiger partial charge in [-0.15, -0.1) is 0 Å². The Balaban J connectivity index is 1.69. The zero-order chi connectivity index (χ0) is 15.9. The maximum atomic E-state index is 8.86. The van der Waals surface area contributed by atoms with Gasteiger partial charge in [-0.1, -0.05) is 60.7 Å². The number of aromatic nitrogens is 1. The molecule has 0 spiro atoms. The molecule has 3 heteroatoms. The molecule has 23 heavy (non-hydrogen) atoms. The summed E-state index contributed by atoms with van der Waals surface area (Å²) in [5, 5.41) is 12.2. The summed E-state index contributed by atoms with van der Waals surface area (Å²) in [6, 6.07) is 24.8. The number of nitrogens with zero attached hydrogens (tertiary/aromatic N) is 2. The van der Waals surface area contributed by atoms with Crippen molar-refractivity contribution >= 4 is 5.82 Å². The molecule has 112 valence electrons. The summed E-state index contributed by atoms with van der Waals surface area (Å²) < 4.78 is 0. The van der Waals surface area contributed by atoms with Gasteiger partial charge in [-0.3, -0.25) is 0 Å². The predicted octanol–water partition coefficient (Wildman–Crippen LogP) is 4.43. The van der Waals surface area contributed by atoms with Crippen LogP contribution in [-0.4, -0.2) is 4.98 Å². The van der Waals surface area contributed by atoms with Crippen LogP contribution in [0.1, 0.15) is 11.1 Å². The van der Waals surface area contributed by atoms with E-state index in [4.69, 9.17) is 5.26 Å². The van der Waals surface area contributed by atoms with Gasteiger partial charge in [0.1, 0.15) is 5.82 Å². The van der Waals surface area contributed by atoms with Crippen molar-refractivity contribution in [3.8, 4) is 17.2 Å². The van der Waals surface area contributed by atoms with Crippen LogP contribution in [0.25, 0.3) is 11.1 Å². The Bertz CT molecular complexity index is 802. The van der Waals surface area contributed by atoms with E-state index in [9.17, 15) is 0 Å². The molecule has 3 rings (SSSR count). The van der Waals surface area contributed by atoms with Gasteiger partial charge in [-0.05, 0) is 22.8 Å². The Morgan fingerprint density at radius 3 is 2.35 bits per heavy atom. The summed E-state index contributed by atoms with van der Waals surface area (Å²) in [4.78, 5) is 4.32. The second-order valence-corrected chi connectivity index (χ2v) is 5.26. The van der Waals surface area contributed by atoms with Gasteiger partial charge >= 0.3 is 0 Å². The average molecular weight is 299 g/mol. The number of hydrogen-bond acceptors (Lipinski definition) is 3. The molecule has 0 fully saturated rings. The van der Waals surface area contributed by atoms with E-state index in [1.54, 1.807) is 6.20 Å². The van der Waals surface area contributed by atoms with Crippen LogP contribution in [0.3, 0.4) is 0 Å². The number of pyridine rings is 1. The van der Waals surface area contributed by atoms with E-state index in [0.29, 0.717) is 13.0 Å². The minimum Gasteiger partial charge on any atom is -0.366 e. The molecule has 0 amide bonds. The summed E-state index contributed by atoms with van der Waals surface area (Å²) >= 11 is 0. The highest BCUT2D eigenvalue weighted by molar-refractivity contribution is 5.63. The van der Waals surface area contributed by atoms with Crippen molar-refractivity contribution in [2.75, 3.05) is 5.32 Å². The first-order valence-corrected chi connectivity index (χ1v) is 7.56. The lowest BCUT2D eigenvalue weighted by Gasteiger charge is -2.09. The Morgan fingerprint density at radius 2 is 1.61 bits per heavy atom. The van der Waals surface area contributed by atoms with Crippen LogP contribution in [0.15, 0.2) is 72.9 Å². The number of rotatable bonds is 5. The third-order valence-corrected chi connectivity index (χ3v) is 3.68. The van der Waals surface area contributed by atoms with Crippen LogP contribution in [-0.2, 0) is 13.0 Å². The lowest BCUT2D eigenvalue weighted by atomic mass is 10.0. The van der Waals surface area contributed by atoms with Crippen LogP contribution >= 0.6 is 0 Å². The molecule has 3 aromatic rings. The van der Waals surface area contributed by atoms with Gasteiger partial charge in [0.2, 0.25) is 0 Å². The third-order valence-electron chi connectivity index (χ3n) is 3.68. The lowest BCUT2D eigenvalue weighted by Crippen LogP contribution is -2.04. The zero-order valence-electron chi connectivity index (χ0n) is 12.7. The van der Waals surface area contributed by atoms with E-state index in [1.165, 1.54) is 16.7 Å². The van der Waals surface area contributed by atoms with Gasteiger partial charge in [0.15, 0.2) is 0 Å². The van der Waals surface area contributed by atoms with Crippen molar-refractivity contribution in [1.29, 1.82) is 5.26 Å². The van der Waals surface area contributed by atoms with Gasteiger partial charge in [0.05, 0.1) is 12.5 Å². The molecule has 0 aliphatic carbocycles. The van der Waals surface area contributed by atoms with Gasteiger partial charge < -0.3 is 5.32 Å². The van der Waals surface area contributed by atoms with E-state index in [1.807, 2.05) is 30.3 Å². The van der Waals surface area contributed by atoms with Crippen molar-refractivity contribution in [2.45, 2.75) is 13.0 Å². The fourth-order valence-electron chi connectivity index (χ4n) is 2.46. The molecule has 1 N–H and O–H groups in total. The summed E-state index contributed by atoms with van der Waals surface area (Å²) in [7, 11) is 0. The van der Waals surface area contributed by atoms with Crippen LogP contribution in [0.5, 0.6) is 0 Å². The monoisotopic (exact) mass is 299 g/mol. The number of hydrogen-bond donors (Lipinski definition) is 1.